The maximum atomic E-state index is 12.1. The van der Waals surface area contributed by atoms with Crippen LogP contribution >= 0.6 is 23.1 Å². The van der Waals surface area contributed by atoms with Crippen molar-refractivity contribution in [3.05, 3.63) is 36.0 Å². The van der Waals surface area contributed by atoms with Crippen LogP contribution in [0.2, 0.25) is 0 Å². The van der Waals surface area contributed by atoms with Gasteiger partial charge in [-0.15, -0.1) is 5.10 Å². The molecule has 0 atom stereocenters. The molecule has 0 spiro atoms. The zero-order valence-corrected chi connectivity index (χ0v) is 11.5. The summed E-state index contributed by atoms with van der Waals surface area (Å²) in [6, 6.07) is 9.60. The van der Waals surface area contributed by atoms with Gasteiger partial charge in [-0.3, -0.25) is 4.79 Å². The Bertz CT molecular complexity index is 702. The molecule has 19 heavy (non-hydrogen) atoms. The lowest BCUT2D eigenvalue weighted by Gasteiger charge is -1.92. The Morgan fingerprint density at radius 2 is 2.21 bits per heavy atom. The molecule has 3 aromatic rings. The van der Waals surface area contributed by atoms with Crippen LogP contribution in [0.25, 0.3) is 10.9 Å². The Morgan fingerprint density at radius 1 is 1.37 bits per heavy atom. The molecule has 96 valence electrons. The smallest absolute Gasteiger partial charge is 0.294 e. The average Bonchev–Trinajstić information content (AvgIpc) is 3.04. The van der Waals surface area contributed by atoms with Gasteiger partial charge in [0.1, 0.15) is 0 Å². The average molecular weight is 291 g/mol. The lowest BCUT2D eigenvalue weighted by atomic mass is 10.2. The van der Waals surface area contributed by atoms with E-state index >= 15 is 0 Å². The van der Waals surface area contributed by atoms with Crippen LogP contribution in [-0.4, -0.2) is 27.4 Å². The van der Waals surface area contributed by atoms with Crippen molar-refractivity contribution in [3.8, 4) is 5.19 Å². The van der Waals surface area contributed by atoms with E-state index in [4.69, 9.17) is 4.74 Å². The van der Waals surface area contributed by atoms with E-state index in [9.17, 15) is 4.79 Å². The van der Waals surface area contributed by atoms with E-state index < -0.39 is 0 Å². The molecule has 7 heteroatoms. The van der Waals surface area contributed by atoms with Gasteiger partial charge in [-0.1, -0.05) is 23.3 Å². The number of ether oxygens (including phenoxy) is 1. The molecule has 1 N–H and O–H groups in total. The van der Waals surface area contributed by atoms with Crippen molar-refractivity contribution in [2.24, 2.45) is 0 Å². The number of carbonyl (C=O) groups excluding carboxylic acids is 1. The number of fused-ring (bicyclic) bond motifs is 1. The van der Waals surface area contributed by atoms with Crippen molar-refractivity contribution in [3.63, 3.8) is 0 Å². The Kier molecular flexibility index (Phi) is 3.22. The zero-order valence-electron chi connectivity index (χ0n) is 9.91. The van der Waals surface area contributed by atoms with Crippen LogP contribution < -0.4 is 4.74 Å². The summed E-state index contributed by atoms with van der Waals surface area (Å²) < 4.78 is 5.51. The molecule has 0 fully saturated rings. The number of methoxy groups -OCH3 is 1. The van der Waals surface area contributed by atoms with Crippen LogP contribution in [0.5, 0.6) is 5.19 Å². The normalized spacial score (nSPS) is 10.8. The van der Waals surface area contributed by atoms with Crippen LogP contribution in [0.3, 0.4) is 0 Å². The minimum absolute atomic E-state index is 0.0880. The SMILES string of the molecule is COc1nnc(SC(=O)c2cc3ccccc3[nH]2)s1. The molecular weight excluding hydrogens is 282 g/mol. The zero-order chi connectivity index (χ0) is 13.2. The van der Waals surface area contributed by atoms with E-state index in [0.717, 1.165) is 22.7 Å². The van der Waals surface area contributed by atoms with Crippen molar-refractivity contribution in [1.82, 2.24) is 15.2 Å². The Hall–Kier alpha value is -1.86. The third kappa shape index (κ3) is 2.47. The van der Waals surface area contributed by atoms with Crippen LogP contribution in [0, 0.1) is 0 Å². The first-order chi connectivity index (χ1) is 9.26. The van der Waals surface area contributed by atoms with Gasteiger partial charge in [-0.25, -0.2) is 0 Å². The number of rotatable bonds is 3. The summed E-state index contributed by atoms with van der Waals surface area (Å²) in [5.41, 5.74) is 1.50. The number of H-pyrrole nitrogens is 1. The number of nitrogens with zero attached hydrogens (tertiary/aromatic N) is 2. The van der Waals surface area contributed by atoms with Gasteiger partial charge in [0, 0.05) is 10.9 Å². The fourth-order valence-corrected chi connectivity index (χ4v) is 3.10. The van der Waals surface area contributed by atoms with Crippen molar-refractivity contribution in [1.29, 1.82) is 0 Å². The van der Waals surface area contributed by atoms with Crippen molar-refractivity contribution >= 4 is 39.1 Å². The van der Waals surface area contributed by atoms with Gasteiger partial charge in [0.25, 0.3) is 5.19 Å². The van der Waals surface area contributed by atoms with E-state index in [1.54, 1.807) is 0 Å². The van der Waals surface area contributed by atoms with Crippen LogP contribution in [0.4, 0.5) is 0 Å². The lowest BCUT2D eigenvalue weighted by molar-refractivity contribution is 0.108. The Morgan fingerprint density at radius 3 is 2.95 bits per heavy atom. The highest BCUT2D eigenvalue weighted by Gasteiger charge is 2.14. The first-order valence-electron chi connectivity index (χ1n) is 5.43. The van der Waals surface area contributed by atoms with Gasteiger partial charge in [0.2, 0.25) is 5.12 Å². The number of nitrogens with one attached hydrogen (secondary N) is 1. The van der Waals surface area contributed by atoms with Gasteiger partial charge in [0.15, 0.2) is 4.34 Å². The fraction of sp³-hybridized carbons (Fsp3) is 0.0833. The molecule has 5 nitrogen and oxygen atoms in total. The van der Waals surface area contributed by atoms with Gasteiger partial charge < -0.3 is 9.72 Å². The molecule has 0 radical (unpaired) electrons. The summed E-state index contributed by atoms with van der Waals surface area (Å²) in [6.45, 7) is 0. The first-order valence-corrected chi connectivity index (χ1v) is 7.07. The molecule has 0 amide bonds. The van der Waals surface area contributed by atoms with Gasteiger partial charge in [0.05, 0.1) is 12.8 Å². The number of carbonyl (C=O) groups is 1. The van der Waals surface area contributed by atoms with Crippen LogP contribution in [0.1, 0.15) is 10.5 Å². The number of aromatic nitrogens is 3. The highest BCUT2D eigenvalue weighted by Crippen LogP contribution is 2.29. The van der Waals surface area contributed by atoms with Gasteiger partial charge in [-0.2, -0.15) is 0 Å². The highest BCUT2D eigenvalue weighted by molar-refractivity contribution is 8.15. The second kappa shape index (κ2) is 5.02. The summed E-state index contributed by atoms with van der Waals surface area (Å²) in [5, 5.41) is 9.04. The molecule has 3 rings (SSSR count). The summed E-state index contributed by atoms with van der Waals surface area (Å²) in [4.78, 5) is 15.2. The Balaban J connectivity index is 1.83. The van der Waals surface area contributed by atoms with Gasteiger partial charge >= 0.3 is 0 Å². The standard InChI is InChI=1S/C12H9N3O2S2/c1-17-11-14-15-12(19-11)18-10(16)9-6-7-4-2-3-5-8(7)13-9/h2-6,13H,1H3. The molecule has 0 aliphatic rings. The lowest BCUT2D eigenvalue weighted by Crippen LogP contribution is -1.92. The number of hydrogen-bond donors (Lipinski definition) is 1. The summed E-state index contributed by atoms with van der Waals surface area (Å²) in [5.74, 6) is 0. The van der Waals surface area contributed by atoms with Crippen molar-refractivity contribution in [2.45, 2.75) is 4.34 Å². The monoisotopic (exact) mass is 291 g/mol. The largest absolute Gasteiger partial charge is 0.472 e. The van der Waals surface area contributed by atoms with E-state index in [2.05, 4.69) is 15.2 Å². The number of aromatic amines is 1. The predicted octanol–water partition coefficient (Wildman–Crippen LogP) is 2.96. The molecule has 0 saturated heterocycles. The molecule has 2 aromatic heterocycles. The topological polar surface area (TPSA) is 67.9 Å². The molecule has 2 heterocycles. The molecule has 0 aliphatic carbocycles. The summed E-state index contributed by atoms with van der Waals surface area (Å²) in [6.07, 6.45) is 0. The van der Waals surface area contributed by atoms with Crippen LogP contribution in [0.15, 0.2) is 34.7 Å². The third-order valence-electron chi connectivity index (χ3n) is 2.49. The number of thioether (sulfide) groups is 1. The van der Waals surface area contributed by atoms with E-state index in [-0.39, 0.29) is 5.12 Å². The number of hydrogen-bond acceptors (Lipinski definition) is 6. The van der Waals surface area contributed by atoms with Gasteiger partial charge in [-0.05, 0) is 35.2 Å². The molecular formula is C12H9N3O2S2. The van der Waals surface area contributed by atoms with E-state index in [0.29, 0.717) is 15.2 Å². The maximum Gasteiger partial charge on any atom is 0.294 e. The van der Waals surface area contributed by atoms with Crippen LogP contribution in [-0.2, 0) is 0 Å². The highest BCUT2D eigenvalue weighted by atomic mass is 32.2. The second-order valence-electron chi connectivity index (χ2n) is 3.70. The first kappa shape index (κ1) is 12.2. The molecule has 0 saturated carbocycles. The maximum absolute atomic E-state index is 12.1. The third-order valence-corrected chi connectivity index (χ3v) is 4.33. The molecule has 0 aliphatic heterocycles. The Labute approximate surface area is 117 Å². The number of benzene rings is 1. The summed E-state index contributed by atoms with van der Waals surface area (Å²) in [7, 11) is 1.52. The molecule has 1 aromatic carbocycles. The van der Waals surface area contributed by atoms with E-state index in [1.165, 1.54) is 18.4 Å². The fourth-order valence-electron chi connectivity index (χ4n) is 1.64. The predicted molar refractivity (Wildman–Crippen MR) is 74.9 cm³/mol. The second-order valence-corrected chi connectivity index (χ2v) is 5.86. The number of para-hydroxylation sites is 1. The van der Waals surface area contributed by atoms with E-state index in [1.807, 2.05) is 30.3 Å². The molecule has 0 bridgehead atoms. The quantitative estimate of drug-likeness (QED) is 0.751. The molecule has 0 unspecified atom stereocenters. The minimum Gasteiger partial charge on any atom is -0.472 e. The minimum atomic E-state index is -0.0880. The van der Waals surface area contributed by atoms with Crippen molar-refractivity contribution in [2.75, 3.05) is 7.11 Å². The van der Waals surface area contributed by atoms with Crippen molar-refractivity contribution < 1.29 is 9.53 Å². The summed E-state index contributed by atoms with van der Waals surface area (Å²) >= 11 is 2.29.